The van der Waals surface area contributed by atoms with Crippen LogP contribution in [0.5, 0.6) is 0 Å². The summed E-state index contributed by atoms with van der Waals surface area (Å²) in [6, 6.07) is 0.900. The van der Waals surface area contributed by atoms with E-state index in [0.717, 1.165) is 31.6 Å². The number of hydrogen-bond donors (Lipinski definition) is 2. The number of urea groups is 1. The van der Waals surface area contributed by atoms with Crippen LogP contribution in [0.2, 0.25) is 0 Å². The van der Waals surface area contributed by atoms with Gasteiger partial charge in [0.25, 0.3) is 0 Å². The van der Waals surface area contributed by atoms with Crippen LogP contribution in [0.15, 0.2) is 0 Å². The van der Waals surface area contributed by atoms with Crippen molar-refractivity contribution in [1.82, 2.24) is 10.6 Å². The van der Waals surface area contributed by atoms with E-state index in [-0.39, 0.29) is 6.03 Å². The smallest absolute Gasteiger partial charge is 0.315 e. The van der Waals surface area contributed by atoms with Crippen molar-refractivity contribution in [1.29, 1.82) is 0 Å². The van der Waals surface area contributed by atoms with E-state index in [2.05, 4.69) is 17.6 Å². The van der Waals surface area contributed by atoms with Crippen molar-refractivity contribution in [2.24, 2.45) is 5.92 Å². The van der Waals surface area contributed by atoms with Crippen molar-refractivity contribution < 1.29 is 4.79 Å². The quantitative estimate of drug-likeness (QED) is 0.744. The van der Waals surface area contributed by atoms with E-state index < -0.39 is 0 Å². The molecule has 2 unspecified atom stereocenters. The first-order chi connectivity index (χ1) is 7.74. The minimum Gasteiger partial charge on any atom is -0.335 e. The van der Waals surface area contributed by atoms with E-state index in [1.165, 1.54) is 25.7 Å². The van der Waals surface area contributed by atoms with Crippen LogP contribution in [0.25, 0.3) is 0 Å². The Morgan fingerprint density at radius 3 is 2.25 bits per heavy atom. The zero-order valence-electron chi connectivity index (χ0n) is 10.3. The highest BCUT2D eigenvalue weighted by atomic mass is 16.2. The molecule has 92 valence electrons. The molecule has 0 radical (unpaired) electrons. The average Bonchev–Trinajstić information content (AvgIpc) is 2.70. The molecule has 0 heterocycles. The molecule has 2 rings (SSSR count). The molecule has 0 saturated heterocycles. The molecule has 0 aromatic rings. The maximum atomic E-state index is 11.8. The number of carbonyl (C=O) groups excluding carboxylic acids is 1. The number of nitrogens with one attached hydrogen (secondary N) is 2. The van der Waals surface area contributed by atoms with Gasteiger partial charge in [0.15, 0.2) is 0 Å². The van der Waals surface area contributed by atoms with Crippen molar-refractivity contribution in [3.63, 3.8) is 0 Å². The first-order valence-corrected chi connectivity index (χ1v) is 6.81. The Kier molecular flexibility index (Phi) is 4.08. The highest BCUT2D eigenvalue weighted by molar-refractivity contribution is 5.74. The Labute approximate surface area is 98.4 Å². The van der Waals surface area contributed by atoms with Gasteiger partial charge in [-0.05, 0) is 31.6 Å². The summed E-state index contributed by atoms with van der Waals surface area (Å²) in [5, 5.41) is 6.22. The Morgan fingerprint density at radius 1 is 0.938 bits per heavy atom. The molecule has 3 nitrogen and oxygen atoms in total. The van der Waals surface area contributed by atoms with E-state index >= 15 is 0 Å². The summed E-state index contributed by atoms with van der Waals surface area (Å²) in [6.07, 6.45) is 9.75. The lowest BCUT2D eigenvalue weighted by Gasteiger charge is -2.28. The van der Waals surface area contributed by atoms with E-state index in [0.29, 0.717) is 12.1 Å². The fraction of sp³-hybridized carbons (Fsp3) is 0.923. The van der Waals surface area contributed by atoms with E-state index in [1.54, 1.807) is 0 Å². The molecule has 0 aromatic carbocycles. The molecule has 2 aliphatic rings. The second kappa shape index (κ2) is 5.55. The maximum Gasteiger partial charge on any atom is 0.315 e. The minimum atomic E-state index is 0.0611. The van der Waals surface area contributed by atoms with Crippen LogP contribution in [0.3, 0.4) is 0 Å². The second-order valence-corrected chi connectivity index (χ2v) is 5.57. The lowest BCUT2D eigenvalue weighted by Crippen LogP contribution is -2.46. The predicted octanol–water partition coefficient (Wildman–Crippen LogP) is 2.81. The van der Waals surface area contributed by atoms with Crippen LogP contribution in [-0.4, -0.2) is 18.1 Å². The number of hydrogen-bond acceptors (Lipinski definition) is 1. The van der Waals surface area contributed by atoms with Gasteiger partial charge in [0, 0.05) is 12.1 Å². The van der Waals surface area contributed by atoms with Gasteiger partial charge in [0.1, 0.15) is 0 Å². The predicted molar refractivity (Wildman–Crippen MR) is 65.3 cm³/mol. The summed E-state index contributed by atoms with van der Waals surface area (Å²) in [5.74, 6) is 0.769. The lowest BCUT2D eigenvalue weighted by atomic mass is 9.87. The first-order valence-electron chi connectivity index (χ1n) is 6.81. The third kappa shape index (κ3) is 3.39. The monoisotopic (exact) mass is 224 g/mol. The largest absolute Gasteiger partial charge is 0.335 e. The van der Waals surface area contributed by atoms with Crippen molar-refractivity contribution in [2.75, 3.05) is 0 Å². The van der Waals surface area contributed by atoms with Crippen molar-refractivity contribution in [3.05, 3.63) is 0 Å². The Bertz CT molecular complexity index is 236. The summed E-state index contributed by atoms with van der Waals surface area (Å²) in [7, 11) is 0. The number of amides is 2. The van der Waals surface area contributed by atoms with Gasteiger partial charge in [-0.3, -0.25) is 0 Å². The summed E-state index contributed by atoms with van der Waals surface area (Å²) in [4.78, 5) is 11.8. The highest BCUT2D eigenvalue weighted by Crippen LogP contribution is 2.23. The molecule has 0 bridgehead atoms. The van der Waals surface area contributed by atoms with Gasteiger partial charge in [-0.1, -0.05) is 32.6 Å². The molecular weight excluding hydrogens is 200 g/mol. The van der Waals surface area contributed by atoms with Gasteiger partial charge in [-0.2, -0.15) is 0 Å². The molecule has 3 heteroatoms. The topological polar surface area (TPSA) is 41.1 Å². The zero-order valence-corrected chi connectivity index (χ0v) is 10.3. The molecule has 0 aromatic heterocycles. The molecule has 2 saturated carbocycles. The molecule has 0 spiro atoms. The average molecular weight is 224 g/mol. The van der Waals surface area contributed by atoms with Crippen LogP contribution in [-0.2, 0) is 0 Å². The molecule has 0 aliphatic heterocycles. The highest BCUT2D eigenvalue weighted by Gasteiger charge is 2.22. The van der Waals surface area contributed by atoms with Gasteiger partial charge < -0.3 is 10.6 Å². The Hall–Kier alpha value is -0.730. The van der Waals surface area contributed by atoms with Gasteiger partial charge in [0.05, 0.1) is 0 Å². The molecule has 2 amide bonds. The van der Waals surface area contributed by atoms with Crippen LogP contribution in [0, 0.1) is 5.92 Å². The molecule has 2 fully saturated rings. The normalized spacial score (nSPS) is 31.3. The van der Waals surface area contributed by atoms with E-state index in [9.17, 15) is 4.79 Å². The minimum absolute atomic E-state index is 0.0611. The first kappa shape index (κ1) is 11.7. The van der Waals surface area contributed by atoms with Crippen molar-refractivity contribution in [2.45, 2.75) is 70.4 Å². The summed E-state index contributed by atoms with van der Waals surface area (Å²) in [5.41, 5.74) is 0. The summed E-state index contributed by atoms with van der Waals surface area (Å²) >= 11 is 0. The van der Waals surface area contributed by atoms with Crippen LogP contribution < -0.4 is 10.6 Å². The van der Waals surface area contributed by atoms with Crippen molar-refractivity contribution in [3.8, 4) is 0 Å². The Balaban J connectivity index is 1.69. The molecule has 2 atom stereocenters. The van der Waals surface area contributed by atoms with Gasteiger partial charge in [0.2, 0.25) is 0 Å². The van der Waals surface area contributed by atoms with E-state index in [4.69, 9.17) is 0 Å². The second-order valence-electron chi connectivity index (χ2n) is 5.57. The van der Waals surface area contributed by atoms with E-state index in [1.807, 2.05) is 0 Å². The molecule has 16 heavy (non-hydrogen) atoms. The fourth-order valence-corrected chi connectivity index (χ4v) is 3.05. The SMILES string of the molecule is CC1CCCC(NC(=O)NC2CCCC2)C1. The van der Waals surface area contributed by atoms with Gasteiger partial charge >= 0.3 is 6.03 Å². The van der Waals surface area contributed by atoms with Crippen molar-refractivity contribution >= 4 is 6.03 Å². The van der Waals surface area contributed by atoms with Crippen LogP contribution >= 0.6 is 0 Å². The summed E-state index contributed by atoms with van der Waals surface area (Å²) in [6.45, 7) is 2.28. The molecular formula is C13H24N2O. The molecule has 2 N–H and O–H groups in total. The molecule has 2 aliphatic carbocycles. The third-order valence-electron chi connectivity index (χ3n) is 3.96. The zero-order chi connectivity index (χ0) is 11.4. The van der Waals surface area contributed by atoms with Gasteiger partial charge in [-0.25, -0.2) is 4.79 Å². The standard InChI is InChI=1S/C13H24N2O/c1-10-5-4-8-12(9-10)15-13(16)14-11-6-2-3-7-11/h10-12H,2-9H2,1H3,(H2,14,15,16). The van der Waals surface area contributed by atoms with Crippen LogP contribution in [0.1, 0.15) is 58.3 Å². The number of rotatable bonds is 2. The maximum absolute atomic E-state index is 11.8. The summed E-state index contributed by atoms with van der Waals surface area (Å²) < 4.78 is 0. The fourth-order valence-electron chi connectivity index (χ4n) is 3.05. The third-order valence-corrected chi connectivity index (χ3v) is 3.96. The lowest BCUT2D eigenvalue weighted by molar-refractivity contribution is 0.224. The van der Waals surface area contributed by atoms with Gasteiger partial charge in [-0.15, -0.1) is 0 Å². The Morgan fingerprint density at radius 2 is 1.56 bits per heavy atom. The van der Waals surface area contributed by atoms with Crippen LogP contribution in [0.4, 0.5) is 4.79 Å². The number of carbonyl (C=O) groups is 1.